The van der Waals surface area contributed by atoms with Crippen LogP contribution in [0.5, 0.6) is 0 Å². The second-order valence-electron chi connectivity index (χ2n) is 7.62. The smallest absolute Gasteiger partial charge is 0.290 e. The van der Waals surface area contributed by atoms with Crippen LogP contribution in [0, 0.1) is 18.3 Å². The molecule has 0 heterocycles. The second-order valence-corrected chi connectivity index (χ2v) is 9.72. The predicted octanol–water partition coefficient (Wildman–Crippen LogP) is 7.01. The van der Waals surface area contributed by atoms with Gasteiger partial charge in [-0.05, 0) is 64.0 Å². The van der Waals surface area contributed by atoms with Crippen LogP contribution in [0.15, 0.2) is 76.7 Å². The number of nitrogens with two attached hydrogens (primary N) is 2. The number of hydrogen-bond donors (Lipinski definition) is 4. The van der Waals surface area contributed by atoms with Crippen LogP contribution < -0.4 is 16.2 Å². The normalized spacial score (nSPS) is 11.2. The summed E-state index contributed by atoms with van der Waals surface area (Å²) in [4.78, 5) is 8.36. The van der Waals surface area contributed by atoms with E-state index in [1.807, 2.05) is 47.7 Å². The van der Waals surface area contributed by atoms with Gasteiger partial charge in [0.25, 0.3) is 6.47 Å². The standard InChI is InChI=1S/C9H15ClN2.C9H15NO2S.C7H14.C3H3F.C2H6.CH2O2/c1-7(2)8(6-12-3)4-9(10)5-11;1-3-9(2)7-5-4-6-8-13(10,11)12;1-4-6-7(3)5-2;1-2-3-4;1-2;2-1-3/h4-5,12H,1,6,11H2,2-3H3;5-7H,3,8H2,1-2H3,(H2,10,11,12);4,6-7H,5H2,1-3H3;1H,3H2;1-2H3;1H,(H,2,3)/b8-4+,9-5+;9-7-;6-4-;;;. The molecule has 0 rings (SSSR count). The van der Waals surface area contributed by atoms with Gasteiger partial charge in [-0.25, -0.2) is 17.9 Å². The van der Waals surface area contributed by atoms with E-state index in [1.54, 1.807) is 18.1 Å². The number of alkyl halides is 1. The molecule has 0 bridgehead atoms. The highest BCUT2D eigenvalue weighted by atomic mass is 35.5. The minimum atomic E-state index is -3.39. The molecule has 0 saturated carbocycles. The Morgan fingerprint density at radius 3 is 2.02 bits per heavy atom. The highest BCUT2D eigenvalue weighted by Crippen LogP contribution is 2.11. The molecule has 0 saturated heterocycles. The maximum absolute atomic E-state index is 10.5. The number of primary sulfonamides is 1. The number of carboxylic acid groups (broad SMARTS) is 1. The van der Waals surface area contributed by atoms with E-state index in [-0.39, 0.29) is 12.2 Å². The summed E-state index contributed by atoms with van der Waals surface area (Å²) >= 11 is 5.73. The largest absolute Gasteiger partial charge is 0.483 e. The van der Waals surface area contributed by atoms with Gasteiger partial charge in [0.05, 0.1) is 10.8 Å². The molecule has 0 aliphatic carbocycles. The van der Waals surface area contributed by atoms with Crippen LogP contribution in [-0.4, -0.2) is 46.0 Å². The Balaban J connectivity index is -0.000000100. The number of hydrogen-bond acceptors (Lipinski definition) is 5. The molecule has 6 N–H and O–H groups in total. The zero-order valence-electron chi connectivity index (χ0n) is 26.5. The summed E-state index contributed by atoms with van der Waals surface area (Å²) in [5, 5.41) is 15.2. The van der Waals surface area contributed by atoms with Crippen molar-refractivity contribution < 1.29 is 22.7 Å². The molecule has 1 atom stereocenters. The Morgan fingerprint density at radius 1 is 1.27 bits per heavy atom. The third-order valence-corrected chi connectivity index (χ3v) is 4.95. The molecule has 0 aromatic rings. The average Bonchev–Trinajstić information content (AvgIpc) is 2.94. The van der Waals surface area contributed by atoms with Gasteiger partial charge in [-0.2, -0.15) is 0 Å². The van der Waals surface area contributed by atoms with Crippen molar-refractivity contribution in [2.24, 2.45) is 16.8 Å². The van der Waals surface area contributed by atoms with E-state index in [4.69, 9.17) is 32.4 Å². The first-order chi connectivity index (χ1) is 19.2. The topological polar surface area (TPSA) is 136 Å². The van der Waals surface area contributed by atoms with Crippen LogP contribution in [0.1, 0.15) is 68.2 Å². The Hall–Kier alpha value is -2.86. The molecule has 10 heteroatoms. The van der Waals surface area contributed by atoms with E-state index in [1.165, 1.54) is 24.3 Å². The van der Waals surface area contributed by atoms with Gasteiger partial charge in [-0.15, -0.1) is 12.2 Å². The molecule has 1 unspecified atom stereocenters. The third-order valence-electron chi connectivity index (χ3n) is 4.08. The first kappa shape index (κ1) is 50.9. The molecule has 238 valence electrons. The van der Waals surface area contributed by atoms with Gasteiger partial charge in [0, 0.05) is 12.7 Å². The van der Waals surface area contributed by atoms with Crippen LogP contribution in [-0.2, 0) is 14.8 Å². The van der Waals surface area contributed by atoms with E-state index in [0.29, 0.717) is 5.03 Å². The fourth-order valence-corrected chi connectivity index (χ4v) is 2.20. The van der Waals surface area contributed by atoms with E-state index in [0.717, 1.165) is 30.0 Å². The molecular weight excluding hydrogens is 565 g/mol. The van der Waals surface area contributed by atoms with Crippen LogP contribution >= 0.6 is 11.6 Å². The second kappa shape index (κ2) is 41.6. The fraction of sp³-hybridized carbons (Fsp3) is 0.484. The Labute approximate surface area is 255 Å². The summed E-state index contributed by atoms with van der Waals surface area (Å²) < 4.78 is 31.4. The first-order valence-corrected chi connectivity index (χ1v) is 15.2. The number of allylic oxidation sites excluding steroid dienone is 6. The molecular formula is C31H55ClFN3O4S. The van der Waals surface area contributed by atoms with Gasteiger partial charge in [0.15, 0.2) is 0 Å². The van der Waals surface area contributed by atoms with Crippen molar-refractivity contribution in [1.29, 1.82) is 0 Å². The lowest BCUT2D eigenvalue weighted by molar-refractivity contribution is -0.122. The summed E-state index contributed by atoms with van der Waals surface area (Å²) in [6.07, 6.45) is 19.1. The Bertz CT molecular complexity index is 958. The molecule has 41 heavy (non-hydrogen) atoms. The minimum Gasteiger partial charge on any atom is -0.483 e. The molecule has 0 aromatic heterocycles. The molecule has 0 aliphatic heterocycles. The lowest BCUT2D eigenvalue weighted by Crippen LogP contribution is -2.14. The molecule has 7 nitrogen and oxygen atoms in total. The highest BCUT2D eigenvalue weighted by Gasteiger charge is 1.97. The number of carbonyl (C=O) groups is 1. The van der Waals surface area contributed by atoms with E-state index in [2.05, 4.69) is 57.0 Å². The van der Waals surface area contributed by atoms with Gasteiger partial charge in [-0.1, -0.05) is 94.5 Å². The molecule has 0 radical (unpaired) electrons. The van der Waals surface area contributed by atoms with Crippen LogP contribution in [0.4, 0.5) is 4.39 Å². The molecule has 0 spiro atoms. The van der Waals surface area contributed by atoms with Crippen molar-refractivity contribution in [3.8, 4) is 12.3 Å². The van der Waals surface area contributed by atoms with E-state index < -0.39 is 16.7 Å². The maximum atomic E-state index is 10.5. The fourth-order valence-electron chi connectivity index (χ4n) is 1.74. The number of likely N-dealkylation sites (N-methyl/N-ethyl adjacent to an activating group) is 1. The number of terminal acetylenes is 1. The number of sulfonamides is 1. The number of rotatable bonds is 10. The van der Waals surface area contributed by atoms with Gasteiger partial charge in [0.1, 0.15) is 6.67 Å². The van der Waals surface area contributed by atoms with Gasteiger partial charge in [0.2, 0.25) is 10.0 Å². The van der Waals surface area contributed by atoms with Crippen molar-refractivity contribution in [2.45, 2.75) is 68.2 Å². The van der Waals surface area contributed by atoms with E-state index in [9.17, 15) is 12.8 Å². The van der Waals surface area contributed by atoms with Gasteiger partial charge in [-0.3, -0.25) is 4.79 Å². The summed E-state index contributed by atoms with van der Waals surface area (Å²) in [6, 6.07) is 0. The van der Waals surface area contributed by atoms with E-state index >= 15 is 0 Å². The first-order valence-electron chi connectivity index (χ1n) is 13.1. The third kappa shape index (κ3) is 62.3. The number of halogens is 2. The monoisotopic (exact) mass is 619 g/mol. The van der Waals surface area contributed by atoms with Crippen molar-refractivity contribution >= 4 is 28.1 Å². The Kier molecular flexibility index (Phi) is 51.7. The van der Waals surface area contributed by atoms with Gasteiger partial charge < -0.3 is 16.2 Å². The zero-order valence-corrected chi connectivity index (χ0v) is 28.1. The predicted molar refractivity (Wildman–Crippen MR) is 179 cm³/mol. The summed E-state index contributed by atoms with van der Waals surface area (Å²) in [5.41, 5.74) is 11.2. The summed E-state index contributed by atoms with van der Waals surface area (Å²) in [7, 11) is -1.52. The molecule has 0 fully saturated rings. The zero-order chi connectivity index (χ0) is 33.7. The summed E-state index contributed by atoms with van der Waals surface area (Å²) in [5.74, 6) is 2.37. The quantitative estimate of drug-likeness (QED) is 0.0682. The van der Waals surface area contributed by atoms with Crippen molar-refractivity contribution in [1.82, 2.24) is 5.32 Å². The SMILES string of the molecule is C#CCF.C/C=C\C(C)CC.C=C(C)/C(=C/C(Cl)=C\N)CNC.CC.CC/C(C)=C\C=C=CCS(N)(=O)=O.O=CO. The number of nitrogens with one attached hydrogen (secondary N) is 1. The molecule has 0 amide bonds. The average molecular weight is 620 g/mol. The van der Waals surface area contributed by atoms with Crippen molar-refractivity contribution in [3.05, 3.63) is 76.7 Å². The minimum absolute atomic E-state index is 0.164. The lowest BCUT2D eigenvalue weighted by Gasteiger charge is -2.05. The van der Waals surface area contributed by atoms with Crippen molar-refractivity contribution in [3.63, 3.8) is 0 Å². The maximum Gasteiger partial charge on any atom is 0.290 e. The Morgan fingerprint density at radius 2 is 1.76 bits per heavy atom. The molecule has 0 aromatic carbocycles. The lowest BCUT2D eigenvalue weighted by atomic mass is 10.1. The van der Waals surface area contributed by atoms with Crippen LogP contribution in [0.25, 0.3) is 0 Å². The summed E-state index contributed by atoms with van der Waals surface area (Å²) in [6.45, 7) is 20.1. The van der Waals surface area contributed by atoms with Crippen LogP contribution in [0.3, 0.4) is 0 Å². The van der Waals surface area contributed by atoms with Crippen molar-refractivity contribution in [2.75, 3.05) is 26.0 Å². The highest BCUT2D eigenvalue weighted by molar-refractivity contribution is 7.89. The van der Waals surface area contributed by atoms with Crippen LogP contribution in [0.2, 0.25) is 0 Å². The van der Waals surface area contributed by atoms with Gasteiger partial charge >= 0.3 is 0 Å². The molecule has 0 aliphatic rings.